The minimum absolute atomic E-state index is 0.355. The Hall–Kier alpha value is -0.933. The van der Waals surface area contributed by atoms with Crippen molar-refractivity contribution in [2.75, 3.05) is 38.4 Å². The third kappa shape index (κ3) is 5.08. The first-order valence-corrected chi connectivity index (χ1v) is 10.3. The second-order valence-corrected chi connectivity index (χ2v) is 9.57. The molecule has 0 atom stereocenters. The fourth-order valence-electron chi connectivity index (χ4n) is 2.08. The lowest BCUT2D eigenvalue weighted by Gasteiger charge is -2.26. The molecular formula is C13H23NO5SSi. The van der Waals surface area contributed by atoms with Crippen LogP contribution < -0.4 is 4.31 Å². The van der Waals surface area contributed by atoms with Crippen LogP contribution in [0.25, 0.3) is 0 Å². The summed E-state index contributed by atoms with van der Waals surface area (Å²) in [6.07, 6.45) is 1.79. The van der Waals surface area contributed by atoms with Gasteiger partial charge in [0.05, 0.1) is 11.9 Å². The van der Waals surface area contributed by atoms with Gasteiger partial charge >= 0.3 is 8.80 Å². The van der Waals surface area contributed by atoms with Gasteiger partial charge in [-0.1, -0.05) is 18.2 Å². The van der Waals surface area contributed by atoms with Gasteiger partial charge < -0.3 is 13.3 Å². The van der Waals surface area contributed by atoms with Gasteiger partial charge in [-0.2, -0.15) is 0 Å². The molecule has 1 aromatic rings. The van der Waals surface area contributed by atoms with Crippen LogP contribution in [0.2, 0.25) is 6.04 Å². The van der Waals surface area contributed by atoms with Crippen molar-refractivity contribution in [3.8, 4) is 0 Å². The molecule has 0 aromatic heterocycles. The molecule has 0 fully saturated rings. The second kappa shape index (κ2) is 7.90. The van der Waals surface area contributed by atoms with E-state index in [0.29, 0.717) is 24.7 Å². The van der Waals surface area contributed by atoms with Crippen LogP contribution in [0.15, 0.2) is 30.3 Å². The van der Waals surface area contributed by atoms with E-state index in [4.69, 9.17) is 13.3 Å². The first kappa shape index (κ1) is 18.1. The summed E-state index contributed by atoms with van der Waals surface area (Å²) >= 11 is 0. The Morgan fingerprint density at radius 1 is 1.05 bits per heavy atom. The van der Waals surface area contributed by atoms with E-state index in [1.807, 2.05) is 18.2 Å². The number of rotatable bonds is 9. The van der Waals surface area contributed by atoms with Gasteiger partial charge in [0.25, 0.3) is 0 Å². The number of para-hydroxylation sites is 1. The van der Waals surface area contributed by atoms with Crippen LogP contribution in [0.1, 0.15) is 6.42 Å². The number of hydrogen-bond acceptors (Lipinski definition) is 5. The van der Waals surface area contributed by atoms with Crippen molar-refractivity contribution in [2.45, 2.75) is 12.5 Å². The molecule has 6 nitrogen and oxygen atoms in total. The maximum Gasteiger partial charge on any atom is 0.500 e. The summed E-state index contributed by atoms with van der Waals surface area (Å²) in [6.45, 7) is 0.355. The normalized spacial score (nSPS) is 12.4. The number of anilines is 1. The number of hydrogen-bond donors (Lipinski definition) is 0. The van der Waals surface area contributed by atoms with E-state index >= 15 is 0 Å². The van der Waals surface area contributed by atoms with Gasteiger partial charge in [0.15, 0.2) is 0 Å². The number of nitrogens with zero attached hydrogens (tertiary/aromatic N) is 1. The zero-order valence-corrected chi connectivity index (χ0v) is 14.7. The Kier molecular flexibility index (Phi) is 6.82. The van der Waals surface area contributed by atoms with E-state index in [0.717, 1.165) is 0 Å². The second-order valence-electron chi connectivity index (χ2n) is 4.57. The fourth-order valence-corrected chi connectivity index (χ4v) is 4.74. The molecule has 120 valence electrons. The minimum Gasteiger partial charge on any atom is -0.377 e. The lowest BCUT2D eigenvalue weighted by atomic mass is 10.3. The summed E-state index contributed by atoms with van der Waals surface area (Å²) in [5.41, 5.74) is 0.652. The van der Waals surface area contributed by atoms with Crippen LogP contribution in [0.4, 0.5) is 5.69 Å². The molecule has 0 amide bonds. The van der Waals surface area contributed by atoms with Crippen LogP contribution in [0.5, 0.6) is 0 Å². The Labute approximate surface area is 128 Å². The Morgan fingerprint density at radius 3 is 2.00 bits per heavy atom. The first-order valence-electron chi connectivity index (χ1n) is 6.57. The highest BCUT2D eigenvalue weighted by Gasteiger charge is 2.37. The molecule has 0 radical (unpaired) electrons. The van der Waals surface area contributed by atoms with Crippen molar-refractivity contribution in [1.29, 1.82) is 0 Å². The standard InChI is InChI=1S/C13H23NO5SSi/c1-17-21(18-2,19-3)12-8-11-14(20(4,15)16)13-9-6-5-7-10-13/h5-7,9-10H,8,11-12H2,1-4H3. The highest BCUT2D eigenvalue weighted by molar-refractivity contribution is 7.92. The molecular weight excluding hydrogens is 310 g/mol. The molecule has 0 heterocycles. The minimum atomic E-state index is -3.33. The monoisotopic (exact) mass is 333 g/mol. The van der Waals surface area contributed by atoms with Gasteiger partial charge in [0.1, 0.15) is 0 Å². The third-order valence-corrected chi connectivity index (χ3v) is 7.25. The average Bonchev–Trinajstić information content (AvgIpc) is 2.48. The maximum absolute atomic E-state index is 11.9. The van der Waals surface area contributed by atoms with Gasteiger partial charge in [-0.25, -0.2) is 8.42 Å². The van der Waals surface area contributed by atoms with E-state index in [9.17, 15) is 8.42 Å². The zero-order valence-electron chi connectivity index (χ0n) is 12.9. The van der Waals surface area contributed by atoms with Crippen molar-refractivity contribution in [3.63, 3.8) is 0 Å². The summed E-state index contributed by atoms with van der Waals surface area (Å²) in [6, 6.07) is 9.57. The highest BCUT2D eigenvalue weighted by Crippen LogP contribution is 2.20. The van der Waals surface area contributed by atoms with E-state index in [1.54, 1.807) is 33.5 Å². The Balaban J connectivity index is 2.77. The van der Waals surface area contributed by atoms with E-state index in [2.05, 4.69) is 0 Å². The Bertz CT molecular complexity index is 510. The SMILES string of the molecule is CO[Si](CCCN(c1ccccc1)S(C)(=O)=O)(OC)OC. The van der Waals surface area contributed by atoms with Crippen LogP contribution in [-0.4, -0.2) is 51.4 Å². The summed E-state index contributed by atoms with van der Waals surface area (Å²) in [5.74, 6) is 0. The number of benzene rings is 1. The predicted octanol–water partition coefficient (Wildman–Crippen LogP) is 1.72. The smallest absolute Gasteiger partial charge is 0.377 e. The van der Waals surface area contributed by atoms with E-state index in [-0.39, 0.29) is 0 Å². The third-order valence-electron chi connectivity index (χ3n) is 3.22. The summed E-state index contributed by atoms with van der Waals surface area (Å²) in [5, 5.41) is 0. The molecule has 0 unspecified atom stereocenters. The molecule has 0 bridgehead atoms. The molecule has 0 aliphatic heterocycles. The fraction of sp³-hybridized carbons (Fsp3) is 0.538. The van der Waals surface area contributed by atoms with Crippen LogP contribution in [0, 0.1) is 0 Å². The zero-order chi connectivity index (χ0) is 15.9. The van der Waals surface area contributed by atoms with E-state index in [1.165, 1.54) is 10.6 Å². The predicted molar refractivity (Wildman–Crippen MR) is 84.8 cm³/mol. The quantitative estimate of drug-likeness (QED) is 0.644. The topological polar surface area (TPSA) is 65.1 Å². The largest absolute Gasteiger partial charge is 0.500 e. The highest BCUT2D eigenvalue weighted by atomic mass is 32.2. The molecule has 1 aromatic carbocycles. The summed E-state index contributed by atoms with van der Waals surface area (Å²) in [7, 11) is -1.36. The molecule has 0 aliphatic rings. The van der Waals surface area contributed by atoms with Crippen LogP contribution in [0.3, 0.4) is 0 Å². The molecule has 0 saturated heterocycles. The summed E-state index contributed by atoms with van der Waals surface area (Å²) in [4.78, 5) is 0. The van der Waals surface area contributed by atoms with Gasteiger partial charge in [0.2, 0.25) is 10.0 Å². The van der Waals surface area contributed by atoms with Crippen molar-refractivity contribution < 1.29 is 21.7 Å². The Morgan fingerprint density at radius 2 is 1.57 bits per heavy atom. The van der Waals surface area contributed by atoms with Gasteiger partial charge in [0, 0.05) is 33.9 Å². The summed E-state index contributed by atoms with van der Waals surface area (Å²) < 4.78 is 41.3. The van der Waals surface area contributed by atoms with Crippen molar-refractivity contribution in [1.82, 2.24) is 0 Å². The van der Waals surface area contributed by atoms with Crippen molar-refractivity contribution in [3.05, 3.63) is 30.3 Å². The maximum atomic E-state index is 11.9. The molecule has 21 heavy (non-hydrogen) atoms. The van der Waals surface area contributed by atoms with Crippen LogP contribution in [-0.2, 0) is 23.3 Å². The average molecular weight is 333 g/mol. The first-order chi connectivity index (χ1) is 9.88. The van der Waals surface area contributed by atoms with Crippen molar-refractivity contribution in [2.24, 2.45) is 0 Å². The van der Waals surface area contributed by atoms with Gasteiger partial charge in [-0.05, 0) is 18.6 Å². The van der Waals surface area contributed by atoms with Crippen LogP contribution >= 0.6 is 0 Å². The molecule has 0 saturated carbocycles. The lowest BCUT2D eigenvalue weighted by Crippen LogP contribution is -2.43. The molecule has 0 N–H and O–H groups in total. The molecule has 1 rings (SSSR count). The molecule has 0 aliphatic carbocycles. The van der Waals surface area contributed by atoms with Gasteiger partial charge in [-0.15, -0.1) is 0 Å². The van der Waals surface area contributed by atoms with E-state index < -0.39 is 18.8 Å². The lowest BCUT2D eigenvalue weighted by molar-refractivity contribution is 0.123. The molecule has 8 heteroatoms. The number of sulfonamides is 1. The van der Waals surface area contributed by atoms with Gasteiger partial charge in [-0.3, -0.25) is 4.31 Å². The van der Waals surface area contributed by atoms with Crippen molar-refractivity contribution >= 4 is 24.5 Å². The molecule has 0 spiro atoms.